The number of alkyl halides is 24. The molecule has 69 heavy (non-hydrogen) atoms. The molecule has 5 rings (SSSR count). The van der Waals surface area contributed by atoms with Crippen LogP contribution in [0.4, 0.5) is 105 Å². The van der Waals surface area contributed by atoms with Gasteiger partial charge in [0.05, 0.1) is 58.1 Å². The highest BCUT2D eigenvalue weighted by atomic mass is 19.4. The molecule has 1 heterocycles. The van der Waals surface area contributed by atoms with Gasteiger partial charge in [-0.2, -0.15) is 127 Å². The fraction of sp³-hybridized carbons (Fsp3) is 0.357. The number of hydrogen-bond acceptors (Lipinski definition) is 0. The standard InChI is InChI=1S/C32H12BF24.C10H19N2/c34-25(35,36)13-1-14(26(37,38)39)6-21(5-13)33(22-7-15(27(40,41)42)2-16(8-22)28(43,44)45,23-9-17(29(46,47)48)3-18(10-23)30(49,50)51)24-11-19(31(52,53)54)4-20(12-24)32(55,56)57;1-3-4-5-6-7-12-9-8-11(2)10-12/h1-12H;8-10H,3-7H2,1-2H3/q-1;+1. The van der Waals surface area contributed by atoms with Crippen molar-refractivity contribution in [2.45, 2.75) is 88.6 Å². The maximum absolute atomic E-state index is 14.2. The molecule has 0 aliphatic heterocycles. The summed E-state index contributed by atoms with van der Waals surface area (Å²) in [4.78, 5) is 0. The van der Waals surface area contributed by atoms with Gasteiger partial charge in [0, 0.05) is 0 Å². The van der Waals surface area contributed by atoms with Gasteiger partial charge in [-0.25, -0.2) is 9.13 Å². The fourth-order valence-electron chi connectivity index (χ4n) is 7.43. The van der Waals surface area contributed by atoms with Gasteiger partial charge < -0.3 is 0 Å². The van der Waals surface area contributed by atoms with Gasteiger partial charge in [-0.1, -0.05) is 68.3 Å². The van der Waals surface area contributed by atoms with Gasteiger partial charge in [-0.15, -0.1) is 0 Å². The van der Waals surface area contributed by atoms with Crippen molar-refractivity contribution in [3.8, 4) is 0 Å². The first-order valence-electron chi connectivity index (χ1n) is 19.5. The zero-order valence-corrected chi connectivity index (χ0v) is 34.7. The summed E-state index contributed by atoms with van der Waals surface area (Å²) in [6.07, 6.45) is -43.1. The Balaban J connectivity index is 0.000000750. The summed E-state index contributed by atoms with van der Waals surface area (Å²) in [5.74, 6) is 0. The number of aryl methyl sites for hydroxylation is 2. The van der Waals surface area contributed by atoms with Gasteiger partial charge in [-0.3, -0.25) is 0 Å². The summed E-state index contributed by atoms with van der Waals surface area (Å²) >= 11 is 0. The van der Waals surface area contributed by atoms with E-state index >= 15 is 0 Å². The Morgan fingerprint density at radius 2 is 0.594 bits per heavy atom. The highest BCUT2D eigenvalue weighted by molar-refractivity contribution is 7.20. The number of hydrogen-bond donors (Lipinski definition) is 0. The topological polar surface area (TPSA) is 8.81 Å². The summed E-state index contributed by atoms with van der Waals surface area (Å²) in [6.45, 7) is 3.41. The molecule has 0 unspecified atom stereocenters. The first-order chi connectivity index (χ1) is 31.1. The van der Waals surface area contributed by atoms with Crippen molar-refractivity contribution < 1.29 is 110 Å². The van der Waals surface area contributed by atoms with Gasteiger partial charge in [0.25, 0.3) is 0 Å². The van der Waals surface area contributed by atoms with Crippen molar-refractivity contribution in [2.24, 2.45) is 7.05 Å². The predicted molar refractivity (Wildman–Crippen MR) is 200 cm³/mol. The molecule has 0 N–H and O–H groups in total. The fourth-order valence-corrected chi connectivity index (χ4v) is 7.43. The Hall–Kier alpha value is -5.53. The van der Waals surface area contributed by atoms with Crippen molar-refractivity contribution in [1.29, 1.82) is 0 Å². The Labute approximate surface area is 374 Å². The van der Waals surface area contributed by atoms with Crippen LogP contribution in [-0.2, 0) is 63.0 Å². The molecule has 0 saturated heterocycles. The van der Waals surface area contributed by atoms with Crippen LogP contribution < -0.4 is 26.4 Å². The van der Waals surface area contributed by atoms with Crippen LogP contribution in [0.5, 0.6) is 0 Å². The Morgan fingerprint density at radius 3 is 0.768 bits per heavy atom. The molecule has 27 heteroatoms. The molecular weight excluding hydrogens is 999 g/mol. The van der Waals surface area contributed by atoms with Gasteiger partial charge in [0.15, 0.2) is 0 Å². The molecule has 2 nitrogen and oxygen atoms in total. The highest BCUT2D eigenvalue weighted by Crippen LogP contribution is 2.41. The molecule has 5 aromatic rings. The Kier molecular flexibility index (Phi) is 15.7. The molecule has 380 valence electrons. The van der Waals surface area contributed by atoms with E-state index in [4.69, 9.17) is 0 Å². The zero-order chi connectivity index (χ0) is 52.7. The Morgan fingerprint density at radius 1 is 0.362 bits per heavy atom. The molecule has 0 aliphatic carbocycles. The van der Waals surface area contributed by atoms with Gasteiger partial charge in [-0.05, 0) is 37.1 Å². The minimum atomic E-state index is -6.13. The van der Waals surface area contributed by atoms with E-state index in [0.29, 0.717) is 0 Å². The van der Waals surface area contributed by atoms with Crippen LogP contribution in [0.3, 0.4) is 0 Å². The van der Waals surface area contributed by atoms with Crippen molar-refractivity contribution in [3.05, 3.63) is 136 Å². The molecule has 0 fully saturated rings. The zero-order valence-electron chi connectivity index (χ0n) is 34.7. The summed E-state index contributed by atoms with van der Waals surface area (Å²) in [7, 11) is 2.06. The minimum absolute atomic E-state index is 0.691. The molecule has 0 aliphatic rings. The molecule has 0 radical (unpaired) electrons. The summed E-state index contributed by atoms with van der Waals surface area (Å²) < 4.78 is 345. The van der Waals surface area contributed by atoms with E-state index in [9.17, 15) is 105 Å². The molecule has 0 bridgehead atoms. The van der Waals surface area contributed by atoms with Crippen molar-refractivity contribution in [2.75, 3.05) is 0 Å². The van der Waals surface area contributed by atoms with Gasteiger partial charge in [0.2, 0.25) is 6.33 Å². The maximum atomic E-state index is 14.2. The molecule has 0 spiro atoms. The number of aromatic nitrogens is 2. The van der Waals surface area contributed by atoms with E-state index in [1.807, 2.05) is 0 Å². The first-order valence-corrected chi connectivity index (χ1v) is 19.5. The van der Waals surface area contributed by atoms with Crippen LogP contribution in [0.2, 0.25) is 0 Å². The smallest absolute Gasteiger partial charge is 0.240 e. The van der Waals surface area contributed by atoms with E-state index < -0.39 is 195 Å². The molecular formula is C42H31BF24N2. The van der Waals surface area contributed by atoms with E-state index in [2.05, 4.69) is 41.8 Å². The molecule has 0 saturated carbocycles. The van der Waals surface area contributed by atoms with Crippen molar-refractivity contribution in [3.63, 3.8) is 0 Å². The molecule has 0 amide bonds. The number of imidazole rings is 1. The predicted octanol–water partition coefficient (Wildman–Crippen LogP) is 13.1. The SMILES string of the molecule is CCCCCCn1cc[n+](C)c1.FC(F)(F)c1cc([B-](c2cc(C(F)(F)F)cc(C(F)(F)F)c2)(c2cc(C(F)(F)F)cc(C(F)(F)F)c2)c2cc(C(F)(F)F)cc(C(F)(F)F)c2)cc(C(F)(F)F)c1. The van der Waals surface area contributed by atoms with Crippen LogP contribution >= 0.6 is 0 Å². The van der Waals surface area contributed by atoms with E-state index in [1.165, 1.54) is 32.2 Å². The summed E-state index contributed by atoms with van der Waals surface area (Å²) in [5, 5.41) is 0. The van der Waals surface area contributed by atoms with Crippen LogP contribution in [0.1, 0.15) is 77.1 Å². The van der Waals surface area contributed by atoms with Crippen LogP contribution in [0.25, 0.3) is 0 Å². The second kappa shape index (κ2) is 19.3. The second-order valence-corrected chi connectivity index (χ2v) is 15.6. The minimum Gasteiger partial charge on any atom is -0.240 e. The quantitative estimate of drug-likeness (QED) is 0.0602. The van der Waals surface area contributed by atoms with E-state index in [0.717, 1.165) is 0 Å². The number of nitrogens with zero attached hydrogens (tertiary/aromatic N) is 2. The van der Waals surface area contributed by atoms with Gasteiger partial charge in [0.1, 0.15) is 18.5 Å². The number of benzene rings is 4. The largest absolute Gasteiger partial charge is 0.416 e. The molecule has 4 aromatic carbocycles. The highest BCUT2D eigenvalue weighted by Gasteiger charge is 2.47. The first kappa shape index (κ1) is 56.1. The molecule has 1 aromatic heterocycles. The lowest BCUT2D eigenvalue weighted by molar-refractivity contribution is -0.671. The third-order valence-electron chi connectivity index (χ3n) is 10.5. The summed E-state index contributed by atoms with van der Waals surface area (Å²) in [5.41, 5.74) is -30.2. The molecule has 0 atom stereocenters. The number of rotatable bonds is 9. The van der Waals surface area contributed by atoms with Crippen molar-refractivity contribution in [1.82, 2.24) is 4.57 Å². The van der Waals surface area contributed by atoms with Gasteiger partial charge >= 0.3 is 49.4 Å². The van der Waals surface area contributed by atoms with Crippen molar-refractivity contribution >= 4 is 28.0 Å². The average molecular weight is 1030 g/mol. The lowest BCUT2D eigenvalue weighted by atomic mass is 9.12. The average Bonchev–Trinajstić information content (AvgIpc) is 3.61. The van der Waals surface area contributed by atoms with Crippen LogP contribution in [0, 0.1) is 0 Å². The number of halogens is 24. The third kappa shape index (κ3) is 13.6. The monoisotopic (exact) mass is 1030 g/mol. The lowest BCUT2D eigenvalue weighted by Crippen LogP contribution is -2.75. The number of unbranched alkanes of at least 4 members (excludes halogenated alkanes) is 3. The van der Waals surface area contributed by atoms with Crippen LogP contribution in [0.15, 0.2) is 91.5 Å². The Bertz CT molecular complexity index is 2130. The normalized spacial score (nSPS) is 13.7. The van der Waals surface area contributed by atoms with E-state index in [-0.39, 0.29) is 0 Å². The third-order valence-corrected chi connectivity index (χ3v) is 10.5. The van der Waals surface area contributed by atoms with Crippen LogP contribution in [-0.4, -0.2) is 10.7 Å². The lowest BCUT2D eigenvalue weighted by Gasteiger charge is -2.46. The van der Waals surface area contributed by atoms with E-state index in [1.54, 1.807) is 0 Å². The maximum Gasteiger partial charge on any atom is 0.416 e. The summed E-state index contributed by atoms with van der Waals surface area (Å²) in [6, 6.07) is -8.81. The second-order valence-electron chi connectivity index (χ2n) is 15.6.